The Kier molecular flexibility index (Phi) is 3.45. The summed E-state index contributed by atoms with van der Waals surface area (Å²) in [5, 5.41) is 11.4. The maximum absolute atomic E-state index is 8.57. The normalized spacial score (nSPS) is 9.77. The van der Waals surface area contributed by atoms with Crippen LogP contribution < -0.4 is 10.1 Å². The largest absolute Gasteiger partial charge is 0.481 e. The van der Waals surface area contributed by atoms with Gasteiger partial charge < -0.3 is 15.2 Å². The molecule has 0 amide bonds. The monoisotopic (exact) mass is 183 g/mol. The molecule has 0 aliphatic rings. The smallest absolute Gasteiger partial charge is 0.226 e. The van der Waals surface area contributed by atoms with Gasteiger partial charge in [0, 0.05) is 18.3 Å². The van der Waals surface area contributed by atoms with Crippen molar-refractivity contribution in [2.24, 2.45) is 0 Å². The predicted octanol–water partition coefficient (Wildman–Crippen LogP) is 0.198. The number of aliphatic hydroxyl groups is 1. The number of aromatic nitrogens is 2. The molecule has 2 N–H and O–H groups in total. The van der Waals surface area contributed by atoms with Crippen LogP contribution in [-0.2, 0) is 0 Å². The van der Waals surface area contributed by atoms with Gasteiger partial charge in [-0.25, -0.2) is 4.98 Å². The fourth-order valence-electron chi connectivity index (χ4n) is 0.891. The number of hydrogen-bond acceptors (Lipinski definition) is 5. The van der Waals surface area contributed by atoms with Gasteiger partial charge in [-0.2, -0.15) is 4.98 Å². The third kappa shape index (κ3) is 2.87. The topological polar surface area (TPSA) is 67.3 Å². The third-order valence-electron chi connectivity index (χ3n) is 1.43. The lowest BCUT2D eigenvalue weighted by Crippen LogP contribution is -2.09. The number of aryl methyl sites for hydroxylation is 1. The Morgan fingerprint density at radius 2 is 2.31 bits per heavy atom. The van der Waals surface area contributed by atoms with Gasteiger partial charge >= 0.3 is 0 Å². The molecule has 0 radical (unpaired) electrons. The van der Waals surface area contributed by atoms with Crippen LogP contribution in [0.3, 0.4) is 0 Å². The molecule has 1 aromatic heterocycles. The Labute approximate surface area is 76.8 Å². The molecule has 0 saturated heterocycles. The van der Waals surface area contributed by atoms with E-state index in [2.05, 4.69) is 15.3 Å². The van der Waals surface area contributed by atoms with Crippen LogP contribution in [0.15, 0.2) is 6.07 Å². The molecule has 0 aliphatic heterocycles. The van der Waals surface area contributed by atoms with E-state index >= 15 is 0 Å². The van der Waals surface area contributed by atoms with Crippen molar-refractivity contribution < 1.29 is 9.84 Å². The van der Waals surface area contributed by atoms with Crippen molar-refractivity contribution in [3.8, 4) is 5.88 Å². The first-order valence-electron chi connectivity index (χ1n) is 4.00. The number of hydrogen-bond donors (Lipinski definition) is 2. The summed E-state index contributed by atoms with van der Waals surface area (Å²) in [6.07, 6.45) is 0. The van der Waals surface area contributed by atoms with Crippen LogP contribution in [0.5, 0.6) is 5.88 Å². The van der Waals surface area contributed by atoms with Crippen LogP contribution in [0.4, 0.5) is 5.95 Å². The first kappa shape index (κ1) is 9.73. The van der Waals surface area contributed by atoms with E-state index in [1.807, 2.05) is 6.92 Å². The maximum atomic E-state index is 8.57. The van der Waals surface area contributed by atoms with E-state index < -0.39 is 0 Å². The van der Waals surface area contributed by atoms with E-state index in [-0.39, 0.29) is 6.61 Å². The summed E-state index contributed by atoms with van der Waals surface area (Å²) < 4.78 is 4.96. The van der Waals surface area contributed by atoms with Crippen LogP contribution in [0.25, 0.3) is 0 Å². The molecule has 0 saturated carbocycles. The molecule has 1 aromatic rings. The van der Waals surface area contributed by atoms with Gasteiger partial charge in [0.2, 0.25) is 11.8 Å². The fourth-order valence-corrected chi connectivity index (χ4v) is 0.891. The van der Waals surface area contributed by atoms with Gasteiger partial charge in [0.15, 0.2) is 0 Å². The highest BCUT2D eigenvalue weighted by Gasteiger charge is 2.00. The lowest BCUT2D eigenvalue weighted by molar-refractivity contribution is 0.310. The fraction of sp³-hybridized carbons (Fsp3) is 0.500. The van der Waals surface area contributed by atoms with Gasteiger partial charge in [-0.15, -0.1) is 0 Å². The van der Waals surface area contributed by atoms with Crippen molar-refractivity contribution in [1.82, 2.24) is 9.97 Å². The van der Waals surface area contributed by atoms with Gasteiger partial charge in [0.25, 0.3) is 0 Å². The minimum atomic E-state index is 0.0552. The number of methoxy groups -OCH3 is 1. The number of nitrogens with zero attached hydrogens (tertiary/aromatic N) is 2. The molecule has 1 rings (SSSR count). The highest BCUT2D eigenvalue weighted by atomic mass is 16.5. The Bertz CT molecular complexity index is 278. The molecule has 0 bridgehead atoms. The second-order valence-electron chi connectivity index (χ2n) is 2.53. The van der Waals surface area contributed by atoms with Gasteiger partial charge in [0.1, 0.15) is 0 Å². The Hall–Kier alpha value is -1.36. The number of rotatable bonds is 4. The zero-order chi connectivity index (χ0) is 9.68. The van der Waals surface area contributed by atoms with Crippen LogP contribution in [0.1, 0.15) is 5.69 Å². The molecule has 0 aliphatic carbocycles. The van der Waals surface area contributed by atoms with Gasteiger partial charge in [-0.3, -0.25) is 0 Å². The van der Waals surface area contributed by atoms with Gasteiger partial charge in [-0.1, -0.05) is 0 Å². The van der Waals surface area contributed by atoms with Crippen molar-refractivity contribution in [3.05, 3.63) is 11.8 Å². The Morgan fingerprint density at radius 1 is 1.54 bits per heavy atom. The van der Waals surface area contributed by atoms with Crippen molar-refractivity contribution in [1.29, 1.82) is 0 Å². The average molecular weight is 183 g/mol. The van der Waals surface area contributed by atoms with E-state index in [9.17, 15) is 0 Å². The molecule has 1 heterocycles. The molecule has 72 valence electrons. The van der Waals surface area contributed by atoms with Crippen LogP contribution in [0.2, 0.25) is 0 Å². The summed E-state index contributed by atoms with van der Waals surface area (Å²) in [5.74, 6) is 0.999. The molecule has 0 fully saturated rings. The van der Waals surface area contributed by atoms with E-state index in [0.717, 1.165) is 5.69 Å². The highest BCUT2D eigenvalue weighted by molar-refractivity contribution is 5.30. The number of anilines is 1. The molecular formula is C8H13N3O2. The predicted molar refractivity (Wildman–Crippen MR) is 48.9 cm³/mol. The van der Waals surface area contributed by atoms with E-state index in [1.54, 1.807) is 13.2 Å². The Morgan fingerprint density at radius 3 is 2.92 bits per heavy atom. The van der Waals surface area contributed by atoms with Crippen LogP contribution >= 0.6 is 0 Å². The second-order valence-corrected chi connectivity index (χ2v) is 2.53. The number of ether oxygens (including phenoxy) is 1. The zero-order valence-corrected chi connectivity index (χ0v) is 7.74. The summed E-state index contributed by atoms with van der Waals surface area (Å²) in [6.45, 7) is 2.35. The molecule has 13 heavy (non-hydrogen) atoms. The summed E-state index contributed by atoms with van der Waals surface area (Å²) in [4.78, 5) is 8.14. The molecule has 5 heteroatoms. The number of aliphatic hydroxyl groups excluding tert-OH is 1. The molecule has 5 nitrogen and oxygen atoms in total. The summed E-state index contributed by atoms with van der Waals surface area (Å²) in [5.41, 5.74) is 0.826. The van der Waals surface area contributed by atoms with Gasteiger partial charge in [-0.05, 0) is 6.92 Å². The number of nitrogens with one attached hydrogen (secondary N) is 1. The Balaban J connectivity index is 2.76. The molecule has 0 atom stereocenters. The summed E-state index contributed by atoms with van der Waals surface area (Å²) >= 11 is 0. The van der Waals surface area contributed by atoms with Crippen LogP contribution in [0, 0.1) is 6.92 Å². The SMILES string of the molecule is COc1cc(C)nc(NCCO)n1. The zero-order valence-electron chi connectivity index (χ0n) is 7.74. The molecule has 0 aromatic carbocycles. The minimum absolute atomic E-state index is 0.0552. The minimum Gasteiger partial charge on any atom is -0.481 e. The lowest BCUT2D eigenvalue weighted by atomic mass is 10.4. The van der Waals surface area contributed by atoms with Crippen molar-refractivity contribution in [3.63, 3.8) is 0 Å². The van der Waals surface area contributed by atoms with Crippen molar-refractivity contribution in [2.75, 3.05) is 25.6 Å². The van der Waals surface area contributed by atoms with E-state index in [4.69, 9.17) is 9.84 Å². The van der Waals surface area contributed by atoms with E-state index in [0.29, 0.717) is 18.4 Å². The third-order valence-corrected chi connectivity index (χ3v) is 1.43. The molecule has 0 spiro atoms. The quantitative estimate of drug-likeness (QED) is 0.697. The van der Waals surface area contributed by atoms with E-state index in [1.165, 1.54) is 0 Å². The van der Waals surface area contributed by atoms with Gasteiger partial charge in [0.05, 0.1) is 13.7 Å². The first-order valence-corrected chi connectivity index (χ1v) is 4.00. The highest BCUT2D eigenvalue weighted by Crippen LogP contribution is 2.10. The van der Waals surface area contributed by atoms with Crippen LogP contribution in [-0.4, -0.2) is 35.3 Å². The first-order chi connectivity index (χ1) is 6.26. The maximum Gasteiger partial charge on any atom is 0.226 e. The average Bonchev–Trinajstić information content (AvgIpc) is 2.14. The second kappa shape index (κ2) is 4.61. The standard InChI is InChI=1S/C8H13N3O2/c1-6-5-7(13-2)11-8(10-6)9-3-4-12/h5,12H,3-4H2,1-2H3,(H,9,10,11). The summed E-state index contributed by atoms with van der Waals surface area (Å²) in [7, 11) is 1.55. The van der Waals surface area contributed by atoms with Crippen molar-refractivity contribution in [2.45, 2.75) is 6.92 Å². The molecular weight excluding hydrogens is 170 g/mol. The molecule has 0 unspecified atom stereocenters. The summed E-state index contributed by atoms with van der Waals surface area (Å²) in [6, 6.07) is 1.74. The lowest BCUT2D eigenvalue weighted by Gasteiger charge is -2.05. The van der Waals surface area contributed by atoms with Crippen molar-refractivity contribution >= 4 is 5.95 Å².